The molecule has 0 spiro atoms. The molecule has 162 valence electrons. The van der Waals surface area contributed by atoms with Gasteiger partial charge in [0.05, 0.1) is 17.3 Å². The molecule has 0 aromatic heterocycles. The first-order valence-electron chi connectivity index (χ1n) is 10.4. The largest absolute Gasteiger partial charge is 0.363 e. The number of hydrogen-bond donors (Lipinski definition) is 2. The summed E-state index contributed by atoms with van der Waals surface area (Å²) in [4.78, 5) is 13.0. The van der Waals surface area contributed by atoms with Crippen molar-refractivity contribution in [1.82, 2.24) is 15.8 Å². The number of nitrogens with zero attached hydrogens (tertiary/aromatic N) is 2. The maximum atomic E-state index is 14.8. The van der Waals surface area contributed by atoms with E-state index in [1.54, 1.807) is 24.3 Å². The zero-order valence-electron chi connectivity index (χ0n) is 17.3. The number of fused-ring (bicyclic) bond motifs is 1. The lowest BCUT2D eigenvalue weighted by atomic mass is 9.92. The summed E-state index contributed by atoms with van der Waals surface area (Å²) in [5.74, 6) is -1.58. The van der Waals surface area contributed by atoms with E-state index < -0.39 is 17.8 Å². The topological polar surface area (TPSA) is 68.2 Å². The maximum Gasteiger partial charge on any atom is 0.269 e. The van der Waals surface area contributed by atoms with Gasteiger partial charge < -0.3 is 5.32 Å². The molecule has 5 rings (SSSR count). The van der Waals surface area contributed by atoms with Crippen LogP contribution in [0.25, 0.3) is 17.0 Å². The minimum Gasteiger partial charge on any atom is -0.363 e. The molecule has 1 unspecified atom stereocenters. The SMILES string of the molecule is N#Cc1ccc(C2=CC(=O)N3NC(c4ccccc4)=C(c4ccc(F)cc4F)CC3N2)cc1. The van der Waals surface area contributed by atoms with Crippen LogP contribution >= 0.6 is 0 Å². The second kappa shape index (κ2) is 8.24. The molecule has 5 nitrogen and oxygen atoms in total. The van der Waals surface area contributed by atoms with Gasteiger partial charge in [0.2, 0.25) is 0 Å². The number of nitriles is 1. The summed E-state index contributed by atoms with van der Waals surface area (Å²) in [5, 5.41) is 13.8. The van der Waals surface area contributed by atoms with E-state index in [1.807, 2.05) is 30.3 Å². The third-order valence-corrected chi connectivity index (χ3v) is 5.71. The zero-order chi connectivity index (χ0) is 22.9. The lowest BCUT2D eigenvalue weighted by molar-refractivity contribution is -0.132. The number of halogens is 2. The number of amides is 1. The van der Waals surface area contributed by atoms with Crippen LogP contribution < -0.4 is 10.7 Å². The van der Waals surface area contributed by atoms with Gasteiger partial charge in [-0.3, -0.25) is 10.2 Å². The second-order valence-electron chi connectivity index (χ2n) is 7.78. The van der Waals surface area contributed by atoms with Crippen LogP contribution in [0.5, 0.6) is 0 Å². The molecule has 0 saturated carbocycles. The molecule has 0 bridgehead atoms. The first-order valence-corrected chi connectivity index (χ1v) is 10.4. The molecule has 3 aromatic carbocycles. The molecule has 3 aromatic rings. The average Bonchev–Trinajstić information content (AvgIpc) is 2.84. The fourth-order valence-corrected chi connectivity index (χ4v) is 4.10. The van der Waals surface area contributed by atoms with Crippen molar-refractivity contribution >= 4 is 22.9 Å². The fraction of sp³-hybridized carbons (Fsp3) is 0.0769. The number of hydrazine groups is 1. The van der Waals surface area contributed by atoms with Crippen LogP contribution in [0.15, 0.2) is 78.9 Å². The second-order valence-corrected chi connectivity index (χ2v) is 7.78. The van der Waals surface area contributed by atoms with Crippen LogP contribution in [0.1, 0.15) is 28.7 Å². The first kappa shape index (κ1) is 20.5. The molecule has 1 atom stereocenters. The summed E-state index contributed by atoms with van der Waals surface area (Å²) < 4.78 is 28.4. The lowest BCUT2D eigenvalue weighted by Gasteiger charge is -2.42. The van der Waals surface area contributed by atoms with Crippen LogP contribution in [-0.2, 0) is 4.79 Å². The average molecular weight is 440 g/mol. The van der Waals surface area contributed by atoms with E-state index in [2.05, 4.69) is 16.8 Å². The van der Waals surface area contributed by atoms with E-state index in [4.69, 9.17) is 5.26 Å². The van der Waals surface area contributed by atoms with E-state index in [0.717, 1.165) is 17.2 Å². The van der Waals surface area contributed by atoms with Crippen LogP contribution in [0.2, 0.25) is 0 Å². The third kappa shape index (κ3) is 3.83. The quantitative estimate of drug-likeness (QED) is 0.633. The number of carbonyl (C=O) groups is 1. The van der Waals surface area contributed by atoms with Gasteiger partial charge >= 0.3 is 0 Å². The highest BCUT2D eigenvalue weighted by Crippen LogP contribution is 2.36. The molecule has 0 saturated heterocycles. The Balaban J connectivity index is 1.55. The van der Waals surface area contributed by atoms with Crippen LogP contribution in [0.4, 0.5) is 8.78 Å². The highest BCUT2D eigenvalue weighted by atomic mass is 19.1. The van der Waals surface area contributed by atoms with Gasteiger partial charge in [0.1, 0.15) is 17.8 Å². The number of carbonyl (C=O) groups excluding carboxylic acids is 1. The van der Waals surface area contributed by atoms with Crippen molar-refractivity contribution < 1.29 is 13.6 Å². The molecule has 0 aliphatic carbocycles. The lowest BCUT2D eigenvalue weighted by Crippen LogP contribution is -2.58. The summed E-state index contributed by atoms with van der Waals surface area (Å²) in [7, 11) is 0. The van der Waals surface area contributed by atoms with Crippen molar-refractivity contribution in [3.63, 3.8) is 0 Å². The molecule has 33 heavy (non-hydrogen) atoms. The third-order valence-electron chi connectivity index (χ3n) is 5.71. The summed E-state index contributed by atoms with van der Waals surface area (Å²) in [6.45, 7) is 0. The summed E-state index contributed by atoms with van der Waals surface area (Å²) in [5.41, 5.74) is 7.30. The number of hydrogen-bond acceptors (Lipinski definition) is 4. The molecule has 2 aliphatic heterocycles. The Hall–Kier alpha value is -4.44. The monoisotopic (exact) mass is 440 g/mol. The zero-order valence-corrected chi connectivity index (χ0v) is 17.3. The smallest absolute Gasteiger partial charge is 0.269 e. The van der Waals surface area contributed by atoms with Crippen molar-refractivity contribution in [2.45, 2.75) is 12.6 Å². The van der Waals surface area contributed by atoms with Crippen molar-refractivity contribution in [3.05, 3.63) is 113 Å². The van der Waals surface area contributed by atoms with Crippen LogP contribution in [-0.4, -0.2) is 17.1 Å². The molecule has 7 heteroatoms. The van der Waals surface area contributed by atoms with Gasteiger partial charge in [-0.05, 0) is 41.0 Å². The van der Waals surface area contributed by atoms with Gasteiger partial charge in [0.15, 0.2) is 0 Å². The number of rotatable bonds is 3. The Morgan fingerprint density at radius 3 is 2.42 bits per heavy atom. The van der Waals surface area contributed by atoms with Gasteiger partial charge in [-0.15, -0.1) is 0 Å². The van der Waals surface area contributed by atoms with Gasteiger partial charge in [-0.2, -0.15) is 5.26 Å². The van der Waals surface area contributed by atoms with Crippen LogP contribution in [0, 0.1) is 23.0 Å². The Labute approximate surface area is 189 Å². The predicted molar refractivity (Wildman–Crippen MR) is 120 cm³/mol. The minimum absolute atomic E-state index is 0.259. The summed E-state index contributed by atoms with van der Waals surface area (Å²) in [6, 6.07) is 21.8. The van der Waals surface area contributed by atoms with Crippen molar-refractivity contribution in [1.29, 1.82) is 5.26 Å². The van der Waals surface area contributed by atoms with Crippen LogP contribution in [0.3, 0.4) is 0 Å². The summed E-state index contributed by atoms with van der Waals surface area (Å²) >= 11 is 0. The molecular weight excluding hydrogens is 422 g/mol. The maximum absolute atomic E-state index is 14.8. The Bertz CT molecular complexity index is 1340. The van der Waals surface area contributed by atoms with E-state index in [0.29, 0.717) is 29.0 Å². The normalized spacial score (nSPS) is 17.5. The molecule has 0 fully saturated rings. The Kier molecular flexibility index (Phi) is 5.11. The number of nitrogens with one attached hydrogen (secondary N) is 2. The fourth-order valence-electron chi connectivity index (χ4n) is 4.10. The Morgan fingerprint density at radius 2 is 1.73 bits per heavy atom. The van der Waals surface area contributed by atoms with Crippen molar-refractivity contribution in [3.8, 4) is 6.07 Å². The summed E-state index contributed by atoms with van der Waals surface area (Å²) in [6.07, 6.45) is 1.27. The molecule has 0 radical (unpaired) electrons. The van der Waals surface area contributed by atoms with E-state index in [-0.39, 0.29) is 11.5 Å². The highest BCUT2D eigenvalue weighted by Gasteiger charge is 2.35. The van der Waals surface area contributed by atoms with Gasteiger partial charge in [0, 0.05) is 29.8 Å². The molecule has 2 N–H and O–H groups in total. The Morgan fingerprint density at radius 1 is 0.970 bits per heavy atom. The minimum atomic E-state index is -0.668. The molecular formula is C26H18F2N4O. The van der Waals surface area contributed by atoms with Crippen molar-refractivity contribution in [2.24, 2.45) is 0 Å². The van der Waals surface area contributed by atoms with Gasteiger partial charge in [-0.1, -0.05) is 42.5 Å². The first-order chi connectivity index (χ1) is 16.0. The van der Waals surface area contributed by atoms with E-state index >= 15 is 0 Å². The van der Waals surface area contributed by atoms with E-state index in [1.165, 1.54) is 23.2 Å². The van der Waals surface area contributed by atoms with Crippen molar-refractivity contribution in [2.75, 3.05) is 0 Å². The van der Waals surface area contributed by atoms with Gasteiger partial charge in [-0.25, -0.2) is 13.8 Å². The predicted octanol–water partition coefficient (Wildman–Crippen LogP) is 4.41. The molecule has 2 heterocycles. The molecule has 2 aliphatic rings. The van der Waals surface area contributed by atoms with E-state index in [9.17, 15) is 13.6 Å². The number of benzene rings is 3. The standard InChI is InChI=1S/C26H18F2N4O/c27-19-10-11-20(22(28)12-19)21-13-24-30-23(17-8-6-16(15-29)7-9-17)14-25(33)32(24)31-26(21)18-4-2-1-3-5-18/h1-12,14,24,30-31H,13H2. The van der Waals surface area contributed by atoms with Gasteiger partial charge in [0.25, 0.3) is 5.91 Å². The highest BCUT2D eigenvalue weighted by molar-refractivity contribution is 6.00. The molecule has 1 amide bonds.